The third kappa shape index (κ3) is 5.38. The van der Waals surface area contributed by atoms with Crippen LogP contribution in [-0.2, 0) is 17.4 Å². The normalized spacial score (nSPS) is 11.4. The maximum absolute atomic E-state index is 12.4. The molecule has 0 unspecified atom stereocenters. The van der Waals surface area contributed by atoms with Crippen molar-refractivity contribution in [3.05, 3.63) is 66.1 Å². The van der Waals surface area contributed by atoms with Gasteiger partial charge in [-0.1, -0.05) is 18.2 Å². The Morgan fingerprint density at radius 3 is 2.58 bits per heavy atom. The molecule has 0 aliphatic carbocycles. The highest BCUT2D eigenvalue weighted by Gasteiger charge is 2.16. The van der Waals surface area contributed by atoms with Gasteiger partial charge in [-0.05, 0) is 38.5 Å². The molecule has 0 bridgehead atoms. The van der Waals surface area contributed by atoms with Crippen molar-refractivity contribution >= 4 is 28.3 Å². The number of nitrogens with zero attached hydrogens (tertiary/aromatic N) is 4. The molecule has 1 aromatic carbocycles. The second-order valence-corrected chi connectivity index (χ2v) is 9.59. The Balaban J connectivity index is 1.35. The minimum absolute atomic E-state index is 0.115. The van der Waals surface area contributed by atoms with Crippen LogP contribution in [0, 0.1) is 0 Å². The Labute approximate surface area is 196 Å². The third-order valence-corrected chi connectivity index (χ3v) is 5.84. The molecule has 0 saturated carbocycles. The first-order valence-electron chi connectivity index (χ1n) is 10.5. The van der Waals surface area contributed by atoms with E-state index in [-0.39, 0.29) is 23.9 Å². The summed E-state index contributed by atoms with van der Waals surface area (Å²) in [6.45, 7) is 6.03. The van der Waals surface area contributed by atoms with E-state index in [1.807, 2.05) is 59.9 Å². The molecule has 0 radical (unpaired) electrons. The van der Waals surface area contributed by atoms with Gasteiger partial charge in [-0.15, -0.1) is 11.3 Å². The van der Waals surface area contributed by atoms with Crippen LogP contribution in [0.4, 0.5) is 5.13 Å². The van der Waals surface area contributed by atoms with Gasteiger partial charge in [0.15, 0.2) is 5.13 Å². The van der Waals surface area contributed by atoms with E-state index < -0.39 is 0 Å². The Morgan fingerprint density at radius 1 is 1.09 bits per heavy atom. The molecule has 2 amide bonds. The molecule has 8 nitrogen and oxygen atoms in total. The average Bonchev–Trinajstić information content (AvgIpc) is 3.52. The fourth-order valence-corrected chi connectivity index (χ4v) is 4.00. The van der Waals surface area contributed by atoms with Crippen LogP contribution >= 0.6 is 11.3 Å². The number of rotatable bonds is 6. The first-order valence-corrected chi connectivity index (χ1v) is 11.4. The highest BCUT2D eigenvalue weighted by molar-refractivity contribution is 7.14. The number of benzene rings is 1. The smallest absolute Gasteiger partial charge is 0.253 e. The van der Waals surface area contributed by atoms with Gasteiger partial charge in [0, 0.05) is 47.7 Å². The van der Waals surface area contributed by atoms with Gasteiger partial charge in [0.1, 0.15) is 0 Å². The van der Waals surface area contributed by atoms with Crippen molar-refractivity contribution in [3.8, 4) is 22.4 Å². The highest BCUT2D eigenvalue weighted by Crippen LogP contribution is 2.28. The van der Waals surface area contributed by atoms with Crippen LogP contribution < -0.4 is 10.6 Å². The van der Waals surface area contributed by atoms with Crippen molar-refractivity contribution in [2.45, 2.75) is 26.3 Å². The third-order valence-electron chi connectivity index (χ3n) is 5.09. The van der Waals surface area contributed by atoms with Crippen LogP contribution in [-0.4, -0.2) is 37.7 Å². The molecular weight excluding hydrogens is 436 g/mol. The monoisotopic (exact) mass is 462 g/mol. The second-order valence-electron chi connectivity index (χ2n) is 8.73. The van der Waals surface area contributed by atoms with Crippen molar-refractivity contribution in [2.75, 3.05) is 11.9 Å². The lowest BCUT2D eigenvalue weighted by Crippen LogP contribution is -2.32. The van der Waals surface area contributed by atoms with E-state index in [4.69, 9.17) is 0 Å². The molecule has 33 heavy (non-hydrogen) atoms. The lowest BCUT2D eigenvalue weighted by atomic mass is 10.1. The molecule has 0 spiro atoms. The van der Waals surface area contributed by atoms with Gasteiger partial charge >= 0.3 is 0 Å². The first-order chi connectivity index (χ1) is 15.7. The summed E-state index contributed by atoms with van der Waals surface area (Å²) in [5.41, 5.74) is 4.19. The van der Waals surface area contributed by atoms with Crippen LogP contribution in [0.2, 0.25) is 0 Å². The van der Waals surface area contributed by atoms with E-state index in [1.54, 1.807) is 16.9 Å². The maximum Gasteiger partial charge on any atom is 0.253 e. The fourth-order valence-electron chi connectivity index (χ4n) is 3.27. The molecule has 0 aliphatic rings. The van der Waals surface area contributed by atoms with Crippen LogP contribution in [0.5, 0.6) is 0 Å². The largest absolute Gasteiger partial charge is 0.348 e. The predicted molar refractivity (Wildman–Crippen MR) is 130 cm³/mol. The highest BCUT2D eigenvalue weighted by atomic mass is 32.1. The van der Waals surface area contributed by atoms with E-state index in [2.05, 4.69) is 41.5 Å². The molecule has 0 atom stereocenters. The zero-order valence-electron chi connectivity index (χ0n) is 19.0. The molecule has 9 heteroatoms. The SMILES string of the molecule is Cn1cc(-c2cccc(-c3csc(NC(=O)CNC(=O)c4ccn(C(C)(C)C)c4)n3)c2)cn1. The zero-order chi connectivity index (χ0) is 23.6. The predicted octanol–water partition coefficient (Wildman–Crippen LogP) is 4.14. The number of carbonyl (C=O) groups excluding carboxylic acids is 2. The van der Waals surface area contributed by atoms with Gasteiger partial charge in [0.05, 0.1) is 24.0 Å². The molecule has 3 heterocycles. The number of aromatic nitrogens is 4. The molecule has 4 aromatic rings. The fraction of sp³-hybridized carbons (Fsp3) is 0.250. The lowest BCUT2D eigenvalue weighted by Gasteiger charge is -2.20. The average molecular weight is 463 g/mol. The second kappa shape index (κ2) is 9.03. The number of nitrogens with one attached hydrogen (secondary N) is 2. The quantitative estimate of drug-likeness (QED) is 0.450. The maximum atomic E-state index is 12.4. The number of carbonyl (C=O) groups is 2. The molecule has 0 fully saturated rings. The lowest BCUT2D eigenvalue weighted by molar-refractivity contribution is -0.115. The summed E-state index contributed by atoms with van der Waals surface area (Å²) < 4.78 is 3.72. The van der Waals surface area contributed by atoms with Crippen LogP contribution in [0.25, 0.3) is 22.4 Å². The van der Waals surface area contributed by atoms with Crippen LogP contribution in [0.15, 0.2) is 60.5 Å². The molecule has 2 N–H and O–H groups in total. The van der Waals surface area contributed by atoms with Crippen molar-refractivity contribution in [2.24, 2.45) is 7.05 Å². The van der Waals surface area contributed by atoms with Crippen molar-refractivity contribution < 1.29 is 9.59 Å². The van der Waals surface area contributed by atoms with Gasteiger partial charge in [-0.25, -0.2) is 4.98 Å². The van der Waals surface area contributed by atoms with E-state index >= 15 is 0 Å². The Morgan fingerprint density at radius 2 is 1.88 bits per heavy atom. The summed E-state index contributed by atoms with van der Waals surface area (Å²) in [5.74, 6) is -0.621. The first kappa shape index (κ1) is 22.5. The number of hydrogen-bond acceptors (Lipinski definition) is 5. The Bertz CT molecular complexity index is 1290. The van der Waals surface area contributed by atoms with Crippen LogP contribution in [0.3, 0.4) is 0 Å². The van der Waals surface area contributed by atoms with Gasteiger partial charge < -0.3 is 15.2 Å². The topological polar surface area (TPSA) is 93.8 Å². The van der Waals surface area contributed by atoms with Crippen molar-refractivity contribution in [1.29, 1.82) is 0 Å². The van der Waals surface area contributed by atoms with Crippen molar-refractivity contribution in [1.82, 2.24) is 24.6 Å². The summed E-state index contributed by atoms with van der Waals surface area (Å²) in [6.07, 6.45) is 7.41. The summed E-state index contributed by atoms with van der Waals surface area (Å²) in [5, 5.41) is 12.0. The molecule has 0 saturated heterocycles. The number of aryl methyl sites for hydroxylation is 1. The Hall–Kier alpha value is -3.72. The van der Waals surface area contributed by atoms with E-state index in [0.717, 1.165) is 22.4 Å². The van der Waals surface area contributed by atoms with Gasteiger partial charge in [-0.3, -0.25) is 14.3 Å². The summed E-state index contributed by atoms with van der Waals surface area (Å²) >= 11 is 1.34. The summed E-state index contributed by atoms with van der Waals surface area (Å²) in [6, 6.07) is 9.75. The molecule has 4 rings (SSSR count). The van der Waals surface area contributed by atoms with E-state index in [1.165, 1.54) is 11.3 Å². The van der Waals surface area contributed by atoms with Crippen molar-refractivity contribution in [3.63, 3.8) is 0 Å². The van der Waals surface area contributed by atoms with Crippen LogP contribution in [0.1, 0.15) is 31.1 Å². The van der Waals surface area contributed by atoms with E-state index in [0.29, 0.717) is 10.7 Å². The minimum Gasteiger partial charge on any atom is -0.348 e. The molecular formula is C24H26N6O2S. The summed E-state index contributed by atoms with van der Waals surface area (Å²) in [4.78, 5) is 29.2. The van der Waals surface area contributed by atoms with E-state index in [9.17, 15) is 9.59 Å². The van der Waals surface area contributed by atoms with Gasteiger partial charge in [0.25, 0.3) is 5.91 Å². The standard InChI is InChI=1S/C24H26N6O2S/c1-24(2,3)30-9-8-18(14-30)22(32)25-12-21(31)28-23-27-20(15-33-23)17-7-5-6-16(10-17)19-11-26-29(4)13-19/h5-11,13-15H,12H2,1-4H3,(H,25,32)(H,27,28,31). The molecule has 170 valence electrons. The number of thiazole rings is 1. The van der Waals surface area contributed by atoms with Gasteiger partial charge in [-0.2, -0.15) is 5.10 Å². The molecule has 3 aromatic heterocycles. The number of amides is 2. The number of hydrogen-bond donors (Lipinski definition) is 2. The summed E-state index contributed by atoms with van der Waals surface area (Å²) in [7, 11) is 1.88. The number of anilines is 1. The van der Waals surface area contributed by atoms with Gasteiger partial charge in [0.2, 0.25) is 5.91 Å². The minimum atomic E-state index is -0.330. The Kier molecular flexibility index (Phi) is 6.15. The zero-order valence-corrected chi connectivity index (χ0v) is 19.8. The molecule has 0 aliphatic heterocycles.